The van der Waals surface area contributed by atoms with Gasteiger partial charge in [-0.3, -0.25) is 0 Å². The fourth-order valence-corrected chi connectivity index (χ4v) is 2.29. The van der Waals surface area contributed by atoms with Gasteiger partial charge in [-0.05, 0) is 35.9 Å². The van der Waals surface area contributed by atoms with E-state index in [1.165, 1.54) is 11.1 Å². The quantitative estimate of drug-likeness (QED) is 0.695. The van der Waals surface area contributed by atoms with Gasteiger partial charge in [0.25, 0.3) is 0 Å². The van der Waals surface area contributed by atoms with Gasteiger partial charge in [0.1, 0.15) is 5.75 Å². The van der Waals surface area contributed by atoms with Crippen molar-refractivity contribution in [1.82, 2.24) is 5.32 Å². The molecule has 0 bridgehead atoms. The van der Waals surface area contributed by atoms with Crippen molar-refractivity contribution < 1.29 is 4.74 Å². The number of hydrogen-bond donors (Lipinski definition) is 1. The predicted octanol–water partition coefficient (Wildman–Crippen LogP) is 4.70. The Morgan fingerprint density at radius 2 is 1.50 bits per heavy atom. The smallest absolute Gasteiger partial charge is 0.126 e. The maximum absolute atomic E-state index is 6.13. The Morgan fingerprint density at radius 3 is 1.95 bits per heavy atom. The van der Waals surface area contributed by atoms with Crippen LogP contribution in [0.5, 0.6) is 5.75 Å². The van der Waals surface area contributed by atoms with Crippen LogP contribution in [0.25, 0.3) is 0 Å². The van der Waals surface area contributed by atoms with Crippen LogP contribution < -0.4 is 10.1 Å². The second kappa shape index (κ2) is 8.31. The fourth-order valence-electron chi connectivity index (χ4n) is 2.29. The van der Waals surface area contributed by atoms with Crippen molar-refractivity contribution >= 4 is 0 Å². The van der Waals surface area contributed by atoms with Gasteiger partial charge in [0.2, 0.25) is 0 Å². The van der Waals surface area contributed by atoms with Crippen molar-refractivity contribution in [3.8, 4) is 5.75 Å². The first kappa shape index (κ1) is 17.0. The highest BCUT2D eigenvalue weighted by Crippen LogP contribution is 2.34. The zero-order valence-corrected chi connectivity index (χ0v) is 14.0. The number of benzene rings is 1. The van der Waals surface area contributed by atoms with Crippen LogP contribution in [0.1, 0.15) is 70.9 Å². The Labute approximate surface area is 124 Å². The molecule has 1 aromatic carbocycles. The number of nitrogens with one attached hydrogen (secondary N) is 1. The summed E-state index contributed by atoms with van der Waals surface area (Å²) in [5, 5.41) is 3.43. The van der Waals surface area contributed by atoms with Gasteiger partial charge in [0.15, 0.2) is 0 Å². The Morgan fingerprint density at radius 1 is 0.950 bits per heavy atom. The minimum atomic E-state index is 0.498. The normalized spacial score (nSPS) is 11.7. The third kappa shape index (κ3) is 5.16. The first-order chi connectivity index (χ1) is 9.43. The summed E-state index contributed by atoms with van der Waals surface area (Å²) in [7, 11) is 0. The van der Waals surface area contributed by atoms with E-state index in [0.717, 1.165) is 25.3 Å². The second-order valence-corrected chi connectivity index (χ2v) is 6.39. The summed E-state index contributed by atoms with van der Waals surface area (Å²) in [5.41, 5.74) is 2.65. The van der Waals surface area contributed by atoms with Gasteiger partial charge >= 0.3 is 0 Å². The lowest BCUT2D eigenvalue weighted by Gasteiger charge is -2.20. The van der Waals surface area contributed by atoms with Crippen LogP contribution in [-0.2, 0) is 0 Å². The van der Waals surface area contributed by atoms with Gasteiger partial charge in [-0.15, -0.1) is 0 Å². The van der Waals surface area contributed by atoms with E-state index < -0.39 is 0 Å². The first-order valence-electron chi connectivity index (χ1n) is 7.92. The largest absolute Gasteiger partial charge is 0.493 e. The summed E-state index contributed by atoms with van der Waals surface area (Å²) in [6.45, 7) is 15.1. The molecule has 0 amide bonds. The van der Waals surface area contributed by atoms with Gasteiger partial charge in [0, 0.05) is 6.04 Å². The molecule has 0 heterocycles. The molecule has 0 aromatic heterocycles. The van der Waals surface area contributed by atoms with Gasteiger partial charge in [-0.25, -0.2) is 0 Å². The van der Waals surface area contributed by atoms with E-state index in [2.05, 4.69) is 65.1 Å². The first-order valence-corrected chi connectivity index (χ1v) is 7.92. The summed E-state index contributed by atoms with van der Waals surface area (Å²) in [4.78, 5) is 0. The average molecular weight is 277 g/mol. The molecule has 2 heteroatoms. The van der Waals surface area contributed by atoms with Crippen LogP contribution in [0, 0.1) is 0 Å². The predicted molar refractivity (Wildman–Crippen MR) is 87.9 cm³/mol. The third-order valence-electron chi connectivity index (χ3n) is 3.44. The maximum Gasteiger partial charge on any atom is 0.126 e. The highest BCUT2D eigenvalue weighted by atomic mass is 16.5. The van der Waals surface area contributed by atoms with Crippen LogP contribution >= 0.6 is 0 Å². The minimum absolute atomic E-state index is 0.498. The van der Waals surface area contributed by atoms with E-state index in [9.17, 15) is 0 Å². The van der Waals surface area contributed by atoms with Gasteiger partial charge in [-0.2, -0.15) is 0 Å². The highest BCUT2D eigenvalue weighted by molar-refractivity contribution is 5.44. The van der Waals surface area contributed by atoms with Crippen molar-refractivity contribution in [3.05, 3.63) is 29.3 Å². The lowest BCUT2D eigenvalue weighted by molar-refractivity contribution is 0.298. The number of rotatable bonds is 8. The lowest BCUT2D eigenvalue weighted by atomic mass is 9.94. The topological polar surface area (TPSA) is 21.3 Å². The van der Waals surface area contributed by atoms with Crippen molar-refractivity contribution in [1.29, 1.82) is 0 Å². The van der Waals surface area contributed by atoms with Gasteiger partial charge in [-0.1, -0.05) is 59.7 Å². The van der Waals surface area contributed by atoms with Crippen LogP contribution in [0.15, 0.2) is 18.2 Å². The molecular formula is C18H31NO. The van der Waals surface area contributed by atoms with Crippen molar-refractivity contribution in [3.63, 3.8) is 0 Å². The molecule has 1 N–H and O–H groups in total. The summed E-state index contributed by atoms with van der Waals surface area (Å²) in [6, 6.07) is 7.08. The molecule has 20 heavy (non-hydrogen) atoms. The molecule has 0 radical (unpaired) electrons. The molecular weight excluding hydrogens is 246 g/mol. The van der Waals surface area contributed by atoms with Crippen LogP contribution in [-0.4, -0.2) is 19.2 Å². The summed E-state index contributed by atoms with van der Waals surface area (Å²) in [5.74, 6) is 2.11. The Hall–Kier alpha value is -1.02. The molecule has 0 fully saturated rings. The lowest BCUT2D eigenvalue weighted by Crippen LogP contribution is -2.25. The number of ether oxygens (including phenoxy) is 1. The molecule has 0 unspecified atom stereocenters. The summed E-state index contributed by atoms with van der Waals surface area (Å²) in [6.07, 6.45) is 1.04. The van der Waals surface area contributed by atoms with Crippen molar-refractivity contribution in [2.45, 2.75) is 65.8 Å². The monoisotopic (exact) mass is 277 g/mol. The molecule has 2 nitrogen and oxygen atoms in total. The molecule has 1 aromatic rings. The van der Waals surface area contributed by atoms with E-state index in [1.54, 1.807) is 0 Å². The summed E-state index contributed by atoms with van der Waals surface area (Å²) < 4.78 is 6.13. The average Bonchev–Trinajstić information content (AvgIpc) is 2.37. The minimum Gasteiger partial charge on any atom is -0.493 e. The highest BCUT2D eigenvalue weighted by Gasteiger charge is 2.14. The Kier molecular flexibility index (Phi) is 7.08. The van der Waals surface area contributed by atoms with Crippen LogP contribution in [0.4, 0.5) is 0 Å². The zero-order valence-electron chi connectivity index (χ0n) is 14.0. The van der Waals surface area contributed by atoms with E-state index >= 15 is 0 Å². The number of hydrogen-bond acceptors (Lipinski definition) is 2. The molecule has 1 rings (SSSR count). The molecule has 114 valence electrons. The molecule has 0 spiro atoms. The number of para-hydroxylation sites is 1. The molecule has 0 aliphatic rings. The van der Waals surface area contributed by atoms with E-state index in [4.69, 9.17) is 4.74 Å². The maximum atomic E-state index is 6.13. The van der Waals surface area contributed by atoms with Crippen molar-refractivity contribution in [2.24, 2.45) is 0 Å². The molecule has 0 aliphatic heterocycles. The molecule has 0 saturated carbocycles. The van der Waals surface area contributed by atoms with Crippen LogP contribution in [0.3, 0.4) is 0 Å². The Bertz CT molecular complexity index is 370. The van der Waals surface area contributed by atoms with Crippen molar-refractivity contribution in [2.75, 3.05) is 13.2 Å². The van der Waals surface area contributed by atoms with E-state index in [0.29, 0.717) is 17.9 Å². The van der Waals surface area contributed by atoms with E-state index in [-0.39, 0.29) is 0 Å². The Balaban J connectivity index is 2.71. The molecule has 0 atom stereocenters. The zero-order chi connectivity index (χ0) is 15.1. The standard InChI is InChI=1S/C18H31NO/c1-13(2)16-9-7-10-17(14(3)4)18(16)20-12-8-11-19-15(5)6/h7,9-10,13-15,19H,8,11-12H2,1-6H3. The fraction of sp³-hybridized carbons (Fsp3) is 0.667. The SMILES string of the molecule is CC(C)NCCCOc1c(C(C)C)cccc1C(C)C. The second-order valence-electron chi connectivity index (χ2n) is 6.39. The molecule has 0 saturated heterocycles. The van der Waals surface area contributed by atoms with E-state index in [1.807, 2.05) is 0 Å². The molecule has 0 aliphatic carbocycles. The van der Waals surface area contributed by atoms with Gasteiger partial charge in [0.05, 0.1) is 6.61 Å². The van der Waals surface area contributed by atoms with Crippen LogP contribution in [0.2, 0.25) is 0 Å². The summed E-state index contributed by atoms with van der Waals surface area (Å²) >= 11 is 0. The third-order valence-corrected chi connectivity index (χ3v) is 3.44. The van der Waals surface area contributed by atoms with Gasteiger partial charge < -0.3 is 10.1 Å².